The zero-order valence-corrected chi connectivity index (χ0v) is 16.1. The van der Waals surface area contributed by atoms with Crippen molar-refractivity contribution >= 4 is 33.0 Å². The van der Waals surface area contributed by atoms with E-state index in [0.29, 0.717) is 10.6 Å². The van der Waals surface area contributed by atoms with Gasteiger partial charge in [0.1, 0.15) is 0 Å². The Hall–Kier alpha value is -1.70. The van der Waals surface area contributed by atoms with Gasteiger partial charge in [-0.2, -0.15) is 0 Å². The third-order valence-corrected chi connectivity index (χ3v) is 6.14. The van der Waals surface area contributed by atoms with Crippen molar-refractivity contribution in [3.63, 3.8) is 0 Å². The van der Waals surface area contributed by atoms with E-state index in [1.165, 1.54) is 23.5 Å². The molecule has 0 saturated heterocycles. The quantitative estimate of drug-likeness (QED) is 0.866. The molecule has 1 aromatic carbocycles. The molecule has 5 nitrogen and oxygen atoms in total. The minimum atomic E-state index is -3.64. The highest BCUT2D eigenvalue weighted by Gasteiger charge is 2.22. The second kappa shape index (κ2) is 6.66. The highest BCUT2D eigenvalue weighted by atomic mass is 32.2. The molecule has 0 saturated carbocycles. The van der Waals surface area contributed by atoms with Crippen LogP contribution >= 0.6 is 11.3 Å². The Labute approximate surface area is 147 Å². The van der Waals surface area contributed by atoms with Gasteiger partial charge in [-0.15, -0.1) is 11.3 Å². The van der Waals surface area contributed by atoms with E-state index in [1.807, 2.05) is 19.9 Å². The van der Waals surface area contributed by atoms with E-state index in [0.717, 1.165) is 10.4 Å². The van der Waals surface area contributed by atoms with Gasteiger partial charge in [0.25, 0.3) is 5.91 Å². The number of rotatable bonds is 4. The third-order valence-electron chi connectivity index (χ3n) is 3.23. The molecule has 0 aliphatic carbocycles. The number of hydrogen-bond acceptors (Lipinski definition) is 4. The Kier molecular flexibility index (Phi) is 5.17. The van der Waals surface area contributed by atoms with Gasteiger partial charge >= 0.3 is 0 Å². The van der Waals surface area contributed by atoms with Crippen LogP contribution in [-0.2, 0) is 10.0 Å². The normalized spacial score (nSPS) is 12.2. The van der Waals surface area contributed by atoms with Gasteiger partial charge in [0.05, 0.1) is 9.77 Å². The lowest BCUT2D eigenvalue weighted by atomic mass is 10.1. The predicted octanol–water partition coefficient (Wildman–Crippen LogP) is 3.69. The van der Waals surface area contributed by atoms with Crippen LogP contribution in [0.1, 0.15) is 40.9 Å². The average molecular weight is 367 g/mol. The number of hydrogen-bond donors (Lipinski definition) is 2. The fraction of sp³-hybridized carbons (Fsp3) is 0.353. The minimum Gasteiger partial charge on any atom is -0.321 e. The summed E-state index contributed by atoms with van der Waals surface area (Å²) in [6, 6.07) is 8.07. The highest BCUT2D eigenvalue weighted by molar-refractivity contribution is 7.89. The summed E-state index contributed by atoms with van der Waals surface area (Å²) in [6.07, 6.45) is 0. The molecule has 2 rings (SSSR count). The van der Waals surface area contributed by atoms with E-state index in [1.54, 1.807) is 32.9 Å². The fourth-order valence-electron chi connectivity index (χ4n) is 2.08. The summed E-state index contributed by atoms with van der Waals surface area (Å²) in [6.45, 7) is 9.24. The molecule has 0 spiro atoms. The molecule has 1 amide bonds. The fourth-order valence-corrected chi connectivity index (χ4v) is 4.47. The van der Waals surface area contributed by atoms with Gasteiger partial charge in [-0.3, -0.25) is 4.79 Å². The standard InChI is InChI=1S/C17H22N2O3S2/c1-11-9-15(23-12(11)2)16(20)18-13-7-6-8-14(10-13)24(21,22)19-17(3,4)5/h6-10,19H,1-5H3,(H,18,20). The predicted molar refractivity (Wildman–Crippen MR) is 98.3 cm³/mol. The summed E-state index contributed by atoms with van der Waals surface area (Å²) in [5.74, 6) is -0.241. The Bertz CT molecular complexity index is 843. The summed E-state index contributed by atoms with van der Waals surface area (Å²) in [4.78, 5) is 14.1. The molecule has 0 atom stereocenters. The van der Waals surface area contributed by atoms with Crippen LogP contribution in [0.25, 0.3) is 0 Å². The average Bonchev–Trinajstić information content (AvgIpc) is 2.76. The lowest BCUT2D eigenvalue weighted by molar-refractivity contribution is 0.103. The van der Waals surface area contributed by atoms with Crippen LogP contribution in [0.4, 0.5) is 5.69 Å². The number of carbonyl (C=O) groups excluding carboxylic acids is 1. The second-order valence-electron chi connectivity index (χ2n) is 6.69. The largest absolute Gasteiger partial charge is 0.321 e. The van der Waals surface area contributed by atoms with E-state index < -0.39 is 15.6 Å². The van der Waals surface area contributed by atoms with Crippen molar-refractivity contribution in [2.75, 3.05) is 5.32 Å². The van der Waals surface area contributed by atoms with E-state index in [2.05, 4.69) is 10.0 Å². The van der Waals surface area contributed by atoms with Gasteiger partial charge in [-0.1, -0.05) is 6.07 Å². The van der Waals surface area contributed by atoms with Gasteiger partial charge in [0, 0.05) is 16.1 Å². The summed E-state index contributed by atoms with van der Waals surface area (Å²) in [5.41, 5.74) is 0.931. The molecule has 1 aromatic heterocycles. The topological polar surface area (TPSA) is 75.3 Å². The van der Waals surface area contributed by atoms with Crippen molar-refractivity contribution in [1.82, 2.24) is 4.72 Å². The maximum Gasteiger partial charge on any atom is 0.265 e. The molecule has 2 N–H and O–H groups in total. The van der Waals surface area contributed by atoms with Crippen molar-refractivity contribution in [1.29, 1.82) is 0 Å². The van der Waals surface area contributed by atoms with Gasteiger partial charge < -0.3 is 5.32 Å². The van der Waals surface area contributed by atoms with Crippen molar-refractivity contribution in [2.45, 2.75) is 45.1 Å². The van der Waals surface area contributed by atoms with Crippen LogP contribution < -0.4 is 10.0 Å². The first-order chi connectivity index (χ1) is 11.0. The van der Waals surface area contributed by atoms with Gasteiger partial charge in [0.2, 0.25) is 10.0 Å². The van der Waals surface area contributed by atoms with Crippen LogP contribution in [0.5, 0.6) is 0 Å². The molecule has 7 heteroatoms. The summed E-state index contributed by atoms with van der Waals surface area (Å²) in [7, 11) is -3.64. The van der Waals surface area contributed by atoms with Crippen LogP contribution in [0.15, 0.2) is 35.2 Å². The molecule has 0 radical (unpaired) electrons. The number of anilines is 1. The van der Waals surface area contributed by atoms with Crippen molar-refractivity contribution in [2.24, 2.45) is 0 Å². The molecule has 0 aliphatic rings. The zero-order valence-electron chi connectivity index (χ0n) is 14.4. The number of aryl methyl sites for hydroxylation is 2. The first kappa shape index (κ1) is 18.6. The molecule has 1 heterocycles. The van der Waals surface area contributed by atoms with Crippen LogP contribution in [0.2, 0.25) is 0 Å². The smallest absolute Gasteiger partial charge is 0.265 e. The Morgan fingerprint density at radius 3 is 2.33 bits per heavy atom. The Morgan fingerprint density at radius 1 is 1.12 bits per heavy atom. The molecular formula is C17H22N2O3S2. The van der Waals surface area contributed by atoms with Gasteiger partial charge in [0.15, 0.2) is 0 Å². The summed E-state index contributed by atoms with van der Waals surface area (Å²) in [5, 5.41) is 2.75. The maximum atomic E-state index is 12.4. The monoisotopic (exact) mass is 366 g/mol. The minimum absolute atomic E-state index is 0.119. The number of amides is 1. The number of nitrogens with one attached hydrogen (secondary N) is 2. The second-order valence-corrected chi connectivity index (χ2v) is 9.63. The molecule has 2 aromatic rings. The number of benzene rings is 1. The Balaban J connectivity index is 2.23. The highest BCUT2D eigenvalue weighted by Crippen LogP contribution is 2.23. The summed E-state index contributed by atoms with van der Waals surface area (Å²) < 4.78 is 27.4. The molecular weight excluding hydrogens is 344 g/mol. The van der Waals surface area contributed by atoms with E-state index >= 15 is 0 Å². The van der Waals surface area contributed by atoms with Gasteiger partial charge in [-0.05, 0) is 64.4 Å². The number of carbonyl (C=O) groups is 1. The molecule has 0 bridgehead atoms. The van der Waals surface area contributed by atoms with Gasteiger partial charge in [-0.25, -0.2) is 13.1 Å². The molecule has 24 heavy (non-hydrogen) atoms. The lowest BCUT2D eigenvalue weighted by Crippen LogP contribution is -2.40. The van der Waals surface area contributed by atoms with E-state index in [9.17, 15) is 13.2 Å². The lowest BCUT2D eigenvalue weighted by Gasteiger charge is -2.20. The summed E-state index contributed by atoms with van der Waals surface area (Å²) >= 11 is 1.42. The third kappa shape index (κ3) is 4.66. The zero-order chi connectivity index (χ0) is 18.1. The maximum absolute atomic E-state index is 12.4. The first-order valence-corrected chi connectivity index (χ1v) is 9.80. The molecule has 0 aliphatic heterocycles. The van der Waals surface area contributed by atoms with Crippen LogP contribution in [0.3, 0.4) is 0 Å². The molecule has 0 fully saturated rings. The van der Waals surface area contributed by atoms with Crippen LogP contribution in [0, 0.1) is 13.8 Å². The number of sulfonamides is 1. The van der Waals surface area contributed by atoms with E-state index in [-0.39, 0.29) is 10.8 Å². The Morgan fingerprint density at radius 2 is 1.79 bits per heavy atom. The SMILES string of the molecule is Cc1cc(C(=O)Nc2cccc(S(=O)(=O)NC(C)(C)C)c2)sc1C. The van der Waals surface area contributed by atoms with Crippen molar-refractivity contribution in [3.05, 3.63) is 45.6 Å². The molecule has 0 unspecified atom stereocenters. The van der Waals surface area contributed by atoms with E-state index in [4.69, 9.17) is 0 Å². The molecule has 130 valence electrons. The van der Waals surface area contributed by atoms with Crippen molar-refractivity contribution in [3.8, 4) is 0 Å². The number of thiophene rings is 1. The first-order valence-electron chi connectivity index (χ1n) is 7.50. The van der Waals surface area contributed by atoms with Crippen LogP contribution in [-0.4, -0.2) is 19.9 Å². The van der Waals surface area contributed by atoms with Crippen molar-refractivity contribution < 1.29 is 13.2 Å².